The molecule has 0 unspecified atom stereocenters. The molecule has 6 nitrogen and oxygen atoms in total. The Kier molecular flexibility index (Phi) is 5.98. The van der Waals surface area contributed by atoms with Gasteiger partial charge in [-0.15, -0.1) is 0 Å². The minimum atomic E-state index is -3.73. The first-order chi connectivity index (χ1) is 11.4. The summed E-state index contributed by atoms with van der Waals surface area (Å²) in [5.74, 6) is 0. The summed E-state index contributed by atoms with van der Waals surface area (Å²) in [6, 6.07) is 13.3. The van der Waals surface area contributed by atoms with Crippen molar-refractivity contribution in [1.29, 1.82) is 0 Å². The van der Waals surface area contributed by atoms with Gasteiger partial charge >= 0.3 is 0 Å². The number of nitro groups is 1. The molecule has 0 aromatic heterocycles. The van der Waals surface area contributed by atoms with Gasteiger partial charge in [0.1, 0.15) is 0 Å². The third kappa shape index (κ3) is 3.95. The largest absolute Gasteiger partial charge is 0.284 e. The molecule has 0 amide bonds. The van der Waals surface area contributed by atoms with Gasteiger partial charge in [0.15, 0.2) is 0 Å². The van der Waals surface area contributed by atoms with Gasteiger partial charge in [-0.25, -0.2) is 8.42 Å². The van der Waals surface area contributed by atoms with Crippen molar-refractivity contribution in [3.63, 3.8) is 0 Å². The van der Waals surface area contributed by atoms with Crippen LogP contribution in [0.3, 0.4) is 0 Å². The van der Waals surface area contributed by atoms with Crippen LogP contribution >= 0.6 is 11.8 Å². The van der Waals surface area contributed by atoms with E-state index in [0.29, 0.717) is 18.0 Å². The minimum absolute atomic E-state index is 0.0599. The van der Waals surface area contributed by atoms with Crippen molar-refractivity contribution in [1.82, 2.24) is 4.31 Å². The van der Waals surface area contributed by atoms with E-state index in [1.165, 1.54) is 28.2 Å². The summed E-state index contributed by atoms with van der Waals surface area (Å²) in [7, 11) is -3.73. The lowest BCUT2D eigenvalue weighted by Gasteiger charge is -2.18. The highest BCUT2D eigenvalue weighted by Crippen LogP contribution is 2.36. The van der Waals surface area contributed by atoms with Gasteiger partial charge in [0.2, 0.25) is 10.0 Å². The van der Waals surface area contributed by atoms with Gasteiger partial charge in [0, 0.05) is 24.1 Å². The number of hydrogen-bond donors (Lipinski definition) is 0. The number of sulfonamides is 1. The van der Waals surface area contributed by atoms with Gasteiger partial charge in [-0.3, -0.25) is 10.1 Å². The standard InChI is InChI=1S/C16H18N2O4S2/c1-3-17(4-2)24(21,22)14-10-11-16(15(12-14)18(19)20)23-13-8-6-5-7-9-13/h5-12H,3-4H2,1-2H3. The molecule has 2 rings (SSSR count). The molecule has 2 aromatic rings. The van der Waals surface area contributed by atoms with E-state index in [2.05, 4.69) is 0 Å². The lowest BCUT2D eigenvalue weighted by molar-refractivity contribution is -0.388. The zero-order valence-electron chi connectivity index (χ0n) is 13.4. The van der Waals surface area contributed by atoms with Crippen molar-refractivity contribution in [3.8, 4) is 0 Å². The molecule has 0 atom stereocenters. The maximum atomic E-state index is 12.5. The average Bonchev–Trinajstić information content (AvgIpc) is 2.56. The fraction of sp³-hybridized carbons (Fsp3) is 0.250. The molecule has 0 aliphatic rings. The molecule has 0 N–H and O–H groups in total. The summed E-state index contributed by atoms with van der Waals surface area (Å²) in [6.45, 7) is 4.09. The topological polar surface area (TPSA) is 80.5 Å². The van der Waals surface area contributed by atoms with E-state index in [1.807, 2.05) is 30.3 Å². The van der Waals surface area contributed by atoms with Crippen LogP contribution in [-0.4, -0.2) is 30.7 Å². The van der Waals surface area contributed by atoms with E-state index in [9.17, 15) is 18.5 Å². The van der Waals surface area contributed by atoms with E-state index in [4.69, 9.17) is 0 Å². The molecule has 0 saturated carbocycles. The normalized spacial score (nSPS) is 11.6. The highest BCUT2D eigenvalue weighted by Gasteiger charge is 2.25. The maximum Gasteiger partial charge on any atom is 0.284 e. The number of hydrogen-bond acceptors (Lipinski definition) is 5. The summed E-state index contributed by atoms with van der Waals surface area (Å²) in [5, 5.41) is 11.4. The molecular weight excluding hydrogens is 348 g/mol. The van der Waals surface area contributed by atoms with Gasteiger partial charge < -0.3 is 0 Å². The van der Waals surface area contributed by atoms with Gasteiger partial charge in [-0.05, 0) is 24.3 Å². The highest BCUT2D eigenvalue weighted by molar-refractivity contribution is 7.99. The van der Waals surface area contributed by atoms with E-state index >= 15 is 0 Å². The Hall–Kier alpha value is -1.90. The summed E-state index contributed by atoms with van der Waals surface area (Å²) in [6.07, 6.45) is 0. The van der Waals surface area contributed by atoms with Crippen molar-refractivity contribution >= 4 is 27.5 Å². The smallest absolute Gasteiger partial charge is 0.258 e. The van der Waals surface area contributed by atoms with Crippen LogP contribution in [0.5, 0.6) is 0 Å². The second kappa shape index (κ2) is 7.78. The molecule has 0 radical (unpaired) electrons. The molecule has 24 heavy (non-hydrogen) atoms. The van der Waals surface area contributed by atoms with Crippen LogP contribution in [0.2, 0.25) is 0 Å². The summed E-state index contributed by atoms with van der Waals surface area (Å²) in [4.78, 5) is 12.0. The van der Waals surface area contributed by atoms with E-state index in [-0.39, 0.29) is 10.6 Å². The Morgan fingerprint density at radius 1 is 1.08 bits per heavy atom. The first-order valence-corrected chi connectivity index (χ1v) is 9.67. The summed E-state index contributed by atoms with van der Waals surface area (Å²) in [5.41, 5.74) is -0.211. The number of rotatable bonds is 7. The Morgan fingerprint density at radius 2 is 1.71 bits per heavy atom. The molecule has 0 heterocycles. The molecule has 0 bridgehead atoms. The lowest BCUT2D eigenvalue weighted by Crippen LogP contribution is -2.30. The van der Waals surface area contributed by atoms with Crippen LogP contribution in [0.15, 0.2) is 63.2 Å². The monoisotopic (exact) mass is 366 g/mol. The summed E-state index contributed by atoms with van der Waals surface area (Å²) >= 11 is 1.23. The van der Waals surface area contributed by atoms with Gasteiger partial charge in [0.05, 0.1) is 14.7 Å². The molecule has 8 heteroatoms. The molecule has 0 aliphatic heterocycles. The van der Waals surface area contributed by atoms with Crippen molar-refractivity contribution in [3.05, 3.63) is 58.6 Å². The molecule has 0 saturated heterocycles. The first kappa shape index (κ1) is 18.4. The SMILES string of the molecule is CCN(CC)S(=O)(=O)c1ccc(Sc2ccccc2)c([N+](=O)[O-])c1. The maximum absolute atomic E-state index is 12.5. The highest BCUT2D eigenvalue weighted by atomic mass is 32.2. The first-order valence-electron chi connectivity index (χ1n) is 7.41. The van der Waals surface area contributed by atoms with Crippen molar-refractivity contribution in [2.24, 2.45) is 0 Å². The van der Waals surface area contributed by atoms with Crippen molar-refractivity contribution in [2.45, 2.75) is 28.5 Å². The summed E-state index contributed by atoms with van der Waals surface area (Å²) < 4.78 is 26.3. The second-order valence-electron chi connectivity index (χ2n) is 4.89. The quantitative estimate of drug-likeness (QED) is 0.550. The molecule has 128 valence electrons. The zero-order valence-corrected chi connectivity index (χ0v) is 15.0. The van der Waals surface area contributed by atoms with Crippen LogP contribution in [0, 0.1) is 10.1 Å². The Morgan fingerprint density at radius 3 is 2.25 bits per heavy atom. The van der Waals surface area contributed by atoms with Crippen LogP contribution in [0.25, 0.3) is 0 Å². The van der Waals surface area contributed by atoms with E-state index in [1.54, 1.807) is 13.8 Å². The Bertz CT molecular complexity index is 819. The fourth-order valence-corrected chi connectivity index (χ4v) is 4.61. The van der Waals surface area contributed by atoms with Crippen LogP contribution in [-0.2, 0) is 10.0 Å². The Labute approximate surface area is 145 Å². The molecule has 0 aliphatic carbocycles. The average molecular weight is 366 g/mol. The van der Waals surface area contributed by atoms with Gasteiger partial charge in [-0.1, -0.05) is 43.8 Å². The van der Waals surface area contributed by atoms with Crippen LogP contribution in [0.4, 0.5) is 5.69 Å². The van der Waals surface area contributed by atoms with E-state index in [0.717, 1.165) is 11.0 Å². The fourth-order valence-electron chi connectivity index (χ4n) is 2.21. The number of benzene rings is 2. The van der Waals surface area contributed by atoms with E-state index < -0.39 is 14.9 Å². The van der Waals surface area contributed by atoms with Gasteiger partial charge in [-0.2, -0.15) is 4.31 Å². The number of nitrogens with zero attached hydrogens (tertiary/aromatic N) is 2. The van der Waals surface area contributed by atoms with Gasteiger partial charge in [0.25, 0.3) is 5.69 Å². The third-order valence-electron chi connectivity index (χ3n) is 3.44. The lowest BCUT2D eigenvalue weighted by atomic mass is 10.3. The van der Waals surface area contributed by atoms with Crippen molar-refractivity contribution in [2.75, 3.05) is 13.1 Å². The number of nitro benzene ring substituents is 1. The van der Waals surface area contributed by atoms with Crippen LogP contribution < -0.4 is 0 Å². The predicted molar refractivity (Wildman–Crippen MR) is 93.8 cm³/mol. The molecule has 2 aromatic carbocycles. The van der Waals surface area contributed by atoms with Crippen LogP contribution in [0.1, 0.15) is 13.8 Å². The van der Waals surface area contributed by atoms with Crippen molar-refractivity contribution < 1.29 is 13.3 Å². The second-order valence-corrected chi connectivity index (χ2v) is 7.94. The molecular formula is C16H18N2O4S2. The predicted octanol–water partition coefficient (Wildman–Crippen LogP) is 3.78. The zero-order chi connectivity index (χ0) is 17.7. The third-order valence-corrected chi connectivity index (χ3v) is 6.56. The minimum Gasteiger partial charge on any atom is -0.258 e. The molecule has 0 spiro atoms. The Balaban J connectivity index is 2.46. The molecule has 0 fully saturated rings.